The minimum atomic E-state index is 0.666. The highest BCUT2D eigenvalue weighted by molar-refractivity contribution is 5.33. The Hall–Kier alpha value is -2.07. The largest absolute Gasteiger partial charge is 0.192 e. The third kappa shape index (κ3) is 3.16. The van der Waals surface area contributed by atoms with Gasteiger partial charge in [0, 0.05) is 0 Å². The lowest BCUT2D eigenvalue weighted by Crippen LogP contribution is -2.12. The number of hydrogen-bond acceptors (Lipinski definition) is 1. The maximum absolute atomic E-state index is 8.87. The summed E-state index contributed by atoms with van der Waals surface area (Å²) in [6, 6.07) is 19.4. The molecule has 1 nitrogen and oxygen atoms in total. The molecule has 0 spiro atoms. The average Bonchev–Trinajstić information content (AvgIpc) is 2.56. The van der Waals surface area contributed by atoms with Gasteiger partial charge in [-0.1, -0.05) is 42.0 Å². The van der Waals surface area contributed by atoms with E-state index < -0.39 is 0 Å². The summed E-state index contributed by atoms with van der Waals surface area (Å²) in [7, 11) is 0. The minimum absolute atomic E-state index is 0.666. The molecule has 1 fully saturated rings. The Labute approximate surface area is 127 Å². The quantitative estimate of drug-likeness (QED) is 0.728. The average molecular weight is 275 g/mol. The fourth-order valence-corrected chi connectivity index (χ4v) is 3.43. The summed E-state index contributed by atoms with van der Waals surface area (Å²) < 4.78 is 0. The first-order valence-corrected chi connectivity index (χ1v) is 7.83. The molecule has 0 heterocycles. The molecular weight excluding hydrogens is 254 g/mol. The van der Waals surface area contributed by atoms with Crippen LogP contribution in [0.1, 0.15) is 59.8 Å². The van der Waals surface area contributed by atoms with E-state index in [0.717, 1.165) is 11.5 Å². The van der Waals surface area contributed by atoms with Gasteiger partial charge in [0.1, 0.15) is 0 Å². The molecule has 0 aromatic heterocycles. The molecule has 0 unspecified atom stereocenters. The first-order valence-electron chi connectivity index (χ1n) is 7.83. The third-order valence-electron chi connectivity index (χ3n) is 4.79. The SMILES string of the molecule is Cc1ccc([C@H]2CC[C@H](c3ccc(C#N)cc3)CC2)cc1. The monoisotopic (exact) mass is 275 g/mol. The van der Waals surface area contributed by atoms with E-state index in [-0.39, 0.29) is 0 Å². The van der Waals surface area contributed by atoms with Crippen LogP contribution in [0, 0.1) is 18.3 Å². The molecule has 0 atom stereocenters. The zero-order chi connectivity index (χ0) is 14.7. The van der Waals surface area contributed by atoms with Crippen molar-refractivity contribution in [2.75, 3.05) is 0 Å². The summed E-state index contributed by atoms with van der Waals surface area (Å²) in [5.74, 6) is 1.39. The lowest BCUT2D eigenvalue weighted by atomic mass is 9.76. The van der Waals surface area contributed by atoms with Crippen molar-refractivity contribution in [3.05, 3.63) is 70.8 Å². The number of aryl methyl sites for hydroxylation is 1. The molecule has 0 saturated heterocycles. The van der Waals surface area contributed by atoms with Gasteiger partial charge in [0.25, 0.3) is 0 Å². The molecule has 0 N–H and O–H groups in total. The molecule has 21 heavy (non-hydrogen) atoms. The van der Waals surface area contributed by atoms with Gasteiger partial charge in [0.2, 0.25) is 0 Å². The van der Waals surface area contributed by atoms with E-state index in [1.54, 1.807) is 0 Å². The van der Waals surface area contributed by atoms with Crippen molar-refractivity contribution in [3.8, 4) is 6.07 Å². The number of benzene rings is 2. The molecule has 1 heteroatoms. The highest BCUT2D eigenvalue weighted by atomic mass is 14.3. The second-order valence-electron chi connectivity index (χ2n) is 6.19. The summed E-state index contributed by atoms with van der Waals surface area (Å²) in [5.41, 5.74) is 4.99. The number of nitrogens with zero attached hydrogens (tertiary/aromatic N) is 1. The fraction of sp³-hybridized carbons (Fsp3) is 0.350. The highest BCUT2D eigenvalue weighted by Gasteiger charge is 2.23. The van der Waals surface area contributed by atoms with E-state index in [0.29, 0.717) is 5.92 Å². The van der Waals surface area contributed by atoms with Crippen LogP contribution < -0.4 is 0 Å². The third-order valence-corrected chi connectivity index (χ3v) is 4.79. The summed E-state index contributed by atoms with van der Waals surface area (Å²) in [4.78, 5) is 0. The Morgan fingerprint density at radius 2 is 1.19 bits per heavy atom. The molecule has 3 rings (SSSR count). The van der Waals surface area contributed by atoms with Crippen molar-refractivity contribution in [2.45, 2.75) is 44.4 Å². The summed E-state index contributed by atoms with van der Waals surface area (Å²) in [5, 5.41) is 8.87. The smallest absolute Gasteiger partial charge is 0.0991 e. The van der Waals surface area contributed by atoms with E-state index in [9.17, 15) is 0 Å². The Morgan fingerprint density at radius 3 is 1.62 bits per heavy atom. The van der Waals surface area contributed by atoms with Crippen LogP contribution in [0.3, 0.4) is 0 Å². The first kappa shape index (κ1) is 13.9. The van der Waals surface area contributed by atoms with Crippen LogP contribution >= 0.6 is 0 Å². The Balaban J connectivity index is 1.64. The van der Waals surface area contributed by atoms with E-state index in [4.69, 9.17) is 5.26 Å². The standard InChI is InChI=1S/C20H21N/c1-15-2-6-17(7-3-15)19-10-12-20(13-11-19)18-8-4-16(14-21)5-9-18/h2-9,19-20H,10-13H2,1H3/t19-,20-. The molecule has 1 aliphatic rings. The molecule has 0 aliphatic heterocycles. The summed E-state index contributed by atoms with van der Waals surface area (Å²) >= 11 is 0. The van der Waals surface area contributed by atoms with Crippen LogP contribution in [-0.4, -0.2) is 0 Å². The van der Waals surface area contributed by atoms with Crippen LogP contribution in [0.25, 0.3) is 0 Å². The van der Waals surface area contributed by atoms with Crippen LogP contribution in [0.15, 0.2) is 48.5 Å². The van der Waals surface area contributed by atoms with E-state index in [1.807, 2.05) is 12.1 Å². The number of nitriles is 1. The zero-order valence-corrected chi connectivity index (χ0v) is 12.5. The van der Waals surface area contributed by atoms with Crippen molar-refractivity contribution >= 4 is 0 Å². The van der Waals surface area contributed by atoms with Crippen molar-refractivity contribution in [1.82, 2.24) is 0 Å². The maximum atomic E-state index is 8.87. The molecule has 2 aromatic rings. The first-order chi connectivity index (χ1) is 10.3. The van der Waals surface area contributed by atoms with Crippen molar-refractivity contribution in [1.29, 1.82) is 5.26 Å². The second kappa shape index (κ2) is 6.14. The van der Waals surface area contributed by atoms with Gasteiger partial charge in [-0.25, -0.2) is 0 Å². The van der Waals surface area contributed by atoms with Crippen molar-refractivity contribution in [2.24, 2.45) is 0 Å². The summed E-state index contributed by atoms with van der Waals surface area (Å²) in [6.45, 7) is 2.14. The van der Waals surface area contributed by atoms with Gasteiger partial charge in [0.05, 0.1) is 11.6 Å². The van der Waals surface area contributed by atoms with Crippen LogP contribution in [0.2, 0.25) is 0 Å². The van der Waals surface area contributed by atoms with Crippen molar-refractivity contribution in [3.63, 3.8) is 0 Å². The molecule has 106 valence electrons. The minimum Gasteiger partial charge on any atom is -0.192 e. The van der Waals surface area contributed by atoms with Gasteiger partial charge in [0.15, 0.2) is 0 Å². The lowest BCUT2D eigenvalue weighted by molar-refractivity contribution is 0.396. The zero-order valence-electron chi connectivity index (χ0n) is 12.5. The van der Waals surface area contributed by atoms with Gasteiger partial charge in [-0.3, -0.25) is 0 Å². The van der Waals surface area contributed by atoms with E-state index >= 15 is 0 Å². The summed E-state index contributed by atoms with van der Waals surface area (Å²) in [6.07, 6.45) is 5.05. The maximum Gasteiger partial charge on any atom is 0.0991 e. The molecular formula is C20H21N. The second-order valence-corrected chi connectivity index (χ2v) is 6.19. The fourth-order valence-electron chi connectivity index (χ4n) is 3.43. The van der Waals surface area contributed by atoms with Gasteiger partial charge < -0.3 is 0 Å². The number of hydrogen-bond donors (Lipinski definition) is 0. The molecule has 0 radical (unpaired) electrons. The van der Waals surface area contributed by atoms with Gasteiger partial charge in [-0.15, -0.1) is 0 Å². The van der Waals surface area contributed by atoms with Crippen LogP contribution in [0.4, 0.5) is 0 Å². The predicted molar refractivity (Wildman–Crippen MR) is 86.3 cm³/mol. The van der Waals surface area contributed by atoms with Gasteiger partial charge in [-0.2, -0.15) is 5.26 Å². The Bertz CT molecular complexity index is 623. The Morgan fingerprint density at radius 1 is 0.762 bits per heavy atom. The molecule has 0 amide bonds. The van der Waals surface area contributed by atoms with E-state index in [1.165, 1.54) is 42.4 Å². The lowest BCUT2D eigenvalue weighted by Gasteiger charge is -2.29. The normalized spacial score (nSPS) is 21.7. The highest BCUT2D eigenvalue weighted by Crippen LogP contribution is 2.40. The van der Waals surface area contributed by atoms with Crippen LogP contribution in [-0.2, 0) is 0 Å². The van der Waals surface area contributed by atoms with Gasteiger partial charge >= 0.3 is 0 Å². The molecule has 1 aliphatic carbocycles. The Kier molecular flexibility index (Phi) is 4.06. The predicted octanol–water partition coefficient (Wildman–Crippen LogP) is 5.31. The van der Waals surface area contributed by atoms with Crippen molar-refractivity contribution < 1.29 is 0 Å². The van der Waals surface area contributed by atoms with Crippen LogP contribution in [0.5, 0.6) is 0 Å². The topological polar surface area (TPSA) is 23.8 Å². The van der Waals surface area contributed by atoms with E-state index in [2.05, 4.69) is 49.4 Å². The molecule has 1 saturated carbocycles. The molecule has 2 aromatic carbocycles. The number of rotatable bonds is 2. The molecule has 0 bridgehead atoms. The van der Waals surface area contributed by atoms with Gasteiger partial charge in [-0.05, 0) is 67.7 Å².